The fourth-order valence-electron chi connectivity index (χ4n) is 1.62. The van der Waals surface area contributed by atoms with E-state index in [9.17, 15) is 19.7 Å². The molecule has 0 atom stereocenters. The molecule has 2 aromatic carbocycles. The van der Waals surface area contributed by atoms with Crippen LogP contribution in [0, 0.1) is 13.7 Å². The molecule has 22 heavy (non-hydrogen) atoms. The number of nitrogens with zero attached hydrogens (tertiary/aromatic N) is 1. The molecular weight excluding hydrogens is 401 g/mol. The van der Waals surface area contributed by atoms with Gasteiger partial charge in [-0.15, -0.1) is 0 Å². The van der Waals surface area contributed by atoms with E-state index in [1.54, 1.807) is 24.3 Å². The first-order valence-corrected chi connectivity index (χ1v) is 7.16. The van der Waals surface area contributed by atoms with Gasteiger partial charge in [-0.1, -0.05) is 6.07 Å². The predicted molar refractivity (Wildman–Crippen MR) is 87.2 cm³/mol. The van der Waals surface area contributed by atoms with Gasteiger partial charge in [-0.3, -0.25) is 30.6 Å². The number of rotatable bonds is 3. The molecule has 0 aliphatic rings. The van der Waals surface area contributed by atoms with Crippen molar-refractivity contribution in [3.05, 3.63) is 73.3 Å². The Morgan fingerprint density at radius 2 is 1.55 bits per heavy atom. The van der Waals surface area contributed by atoms with Gasteiger partial charge in [0.25, 0.3) is 17.5 Å². The number of hydrogen-bond donors (Lipinski definition) is 2. The molecule has 8 heteroatoms. The minimum atomic E-state index is -0.637. The number of nitro benzene ring substituents is 1. The van der Waals surface area contributed by atoms with Crippen molar-refractivity contribution in [2.45, 2.75) is 0 Å². The molecule has 0 aromatic heterocycles. The van der Waals surface area contributed by atoms with Crippen LogP contribution in [0.2, 0.25) is 0 Å². The minimum Gasteiger partial charge on any atom is -0.267 e. The van der Waals surface area contributed by atoms with Crippen molar-refractivity contribution in [3.63, 3.8) is 0 Å². The van der Waals surface area contributed by atoms with Crippen molar-refractivity contribution in [3.8, 4) is 0 Å². The number of carbonyl (C=O) groups is 2. The van der Waals surface area contributed by atoms with Crippen LogP contribution in [0.4, 0.5) is 5.69 Å². The first kappa shape index (κ1) is 15.9. The van der Waals surface area contributed by atoms with E-state index in [1.165, 1.54) is 18.2 Å². The highest BCUT2D eigenvalue weighted by atomic mass is 127. The van der Waals surface area contributed by atoms with Crippen LogP contribution >= 0.6 is 22.6 Å². The average molecular weight is 411 g/mol. The summed E-state index contributed by atoms with van der Waals surface area (Å²) in [6.45, 7) is 0. The molecule has 2 rings (SSSR count). The van der Waals surface area contributed by atoms with E-state index in [1.807, 2.05) is 0 Å². The lowest BCUT2D eigenvalue weighted by Gasteiger charge is -2.07. The molecule has 0 aliphatic heterocycles. The number of amides is 2. The second-order valence-corrected chi connectivity index (χ2v) is 5.47. The fourth-order valence-corrected chi connectivity index (χ4v) is 1.98. The number of nitro groups is 1. The van der Waals surface area contributed by atoms with Crippen molar-refractivity contribution in [2.24, 2.45) is 0 Å². The molecule has 0 saturated heterocycles. The van der Waals surface area contributed by atoms with Crippen molar-refractivity contribution in [1.82, 2.24) is 10.9 Å². The number of hydrogen-bond acceptors (Lipinski definition) is 4. The highest BCUT2D eigenvalue weighted by Crippen LogP contribution is 2.12. The average Bonchev–Trinajstić information content (AvgIpc) is 2.53. The van der Waals surface area contributed by atoms with Gasteiger partial charge >= 0.3 is 0 Å². The van der Waals surface area contributed by atoms with Gasteiger partial charge in [0.15, 0.2) is 0 Å². The summed E-state index contributed by atoms with van der Waals surface area (Å²) in [5.74, 6) is -1.11. The Hall–Kier alpha value is -2.49. The third-order valence-corrected chi connectivity index (χ3v) is 3.43. The molecule has 0 aliphatic carbocycles. The first-order chi connectivity index (χ1) is 10.5. The zero-order chi connectivity index (χ0) is 16.1. The minimum absolute atomic E-state index is 0.0807. The molecule has 7 nitrogen and oxygen atoms in total. The number of nitrogens with one attached hydrogen (secondary N) is 2. The highest BCUT2D eigenvalue weighted by molar-refractivity contribution is 14.1. The van der Waals surface area contributed by atoms with E-state index in [-0.39, 0.29) is 11.3 Å². The van der Waals surface area contributed by atoms with Gasteiger partial charge in [0.1, 0.15) is 0 Å². The van der Waals surface area contributed by atoms with Gasteiger partial charge in [0.2, 0.25) is 0 Å². The number of halogens is 1. The van der Waals surface area contributed by atoms with Crippen molar-refractivity contribution in [2.75, 3.05) is 0 Å². The molecule has 2 N–H and O–H groups in total. The second-order valence-electron chi connectivity index (χ2n) is 4.22. The second kappa shape index (κ2) is 6.98. The summed E-state index contributed by atoms with van der Waals surface area (Å²) in [7, 11) is 0. The van der Waals surface area contributed by atoms with Gasteiger partial charge < -0.3 is 0 Å². The smallest absolute Gasteiger partial charge is 0.267 e. The Labute approximate surface area is 139 Å². The molecule has 0 heterocycles. The van der Waals surface area contributed by atoms with Crippen LogP contribution in [0.3, 0.4) is 0 Å². The zero-order valence-corrected chi connectivity index (χ0v) is 13.2. The highest BCUT2D eigenvalue weighted by Gasteiger charge is 2.12. The molecular formula is C14H10IN3O4. The standard InChI is InChI=1S/C14H10IN3O4/c15-11-6-4-9(5-7-11)13(19)16-17-14(20)10-2-1-3-12(8-10)18(21)22/h1-8H,(H,16,19)(H,17,20). The van der Waals surface area contributed by atoms with Gasteiger partial charge in [0, 0.05) is 26.8 Å². The number of carbonyl (C=O) groups excluding carboxylic acids is 2. The monoisotopic (exact) mass is 411 g/mol. The summed E-state index contributed by atoms with van der Waals surface area (Å²) in [5, 5.41) is 10.7. The number of hydrazine groups is 1. The topological polar surface area (TPSA) is 101 Å². The summed E-state index contributed by atoms with van der Waals surface area (Å²) < 4.78 is 0.981. The Morgan fingerprint density at radius 3 is 2.14 bits per heavy atom. The van der Waals surface area contributed by atoms with Crippen molar-refractivity contribution >= 4 is 40.1 Å². The van der Waals surface area contributed by atoms with E-state index in [2.05, 4.69) is 33.4 Å². The van der Waals surface area contributed by atoms with E-state index >= 15 is 0 Å². The largest absolute Gasteiger partial charge is 0.270 e. The third-order valence-electron chi connectivity index (χ3n) is 2.72. The van der Waals surface area contributed by atoms with Crippen molar-refractivity contribution < 1.29 is 14.5 Å². The maximum Gasteiger partial charge on any atom is 0.270 e. The first-order valence-electron chi connectivity index (χ1n) is 6.08. The maximum atomic E-state index is 11.9. The van der Waals surface area contributed by atoms with Gasteiger partial charge in [-0.2, -0.15) is 0 Å². The predicted octanol–water partition coefficient (Wildman–Crippen LogP) is 2.27. The zero-order valence-electron chi connectivity index (χ0n) is 11.1. The van der Waals surface area contributed by atoms with Gasteiger partial charge in [-0.25, -0.2) is 0 Å². The van der Waals surface area contributed by atoms with Crippen LogP contribution in [0.15, 0.2) is 48.5 Å². The van der Waals surface area contributed by atoms with Crippen LogP contribution in [-0.4, -0.2) is 16.7 Å². The van der Waals surface area contributed by atoms with Crippen molar-refractivity contribution in [1.29, 1.82) is 0 Å². The van der Waals surface area contributed by atoms with Crippen LogP contribution < -0.4 is 10.9 Å². The molecule has 112 valence electrons. The van der Waals surface area contributed by atoms with Gasteiger partial charge in [-0.05, 0) is 52.9 Å². The van der Waals surface area contributed by atoms with E-state index in [4.69, 9.17) is 0 Å². The van der Waals surface area contributed by atoms with E-state index in [0.29, 0.717) is 5.56 Å². The Balaban J connectivity index is 2.00. The van der Waals surface area contributed by atoms with Crippen LogP contribution in [0.5, 0.6) is 0 Å². The summed E-state index contributed by atoms with van der Waals surface area (Å²) in [6.07, 6.45) is 0. The molecule has 2 amide bonds. The summed E-state index contributed by atoms with van der Waals surface area (Å²) in [6, 6.07) is 12.0. The molecule has 2 aromatic rings. The van der Waals surface area contributed by atoms with E-state index in [0.717, 1.165) is 9.64 Å². The Morgan fingerprint density at radius 1 is 0.955 bits per heavy atom. The lowest BCUT2D eigenvalue weighted by molar-refractivity contribution is -0.384. The molecule has 0 spiro atoms. The SMILES string of the molecule is O=C(NNC(=O)c1cccc([N+](=O)[O-])c1)c1ccc(I)cc1. The molecule has 0 radical (unpaired) electrons. The van der Waals surface area contributed by atoms with Gasteiger partial charge in [0.05, 0.1) is 4.92 Å². The lowest BCUT2D eigenvalue weighted by Crippen LogP contribution is -2.41. The maximum absolute atomic E-state index is 11.9. The lowest BCUT2D eigenvalue weighted by atomic mass is 10.2. The molecule has 0 fully saturated rings. The van der Waals surface area contributed by atoms with Crippen LogP contribution in [-0.2, 0) is 0 Å². The number of benzene rings is 2. The summed E-state index contributed by atoms with van der Waals surface area (Å²) >= 11 is 2.11. The summed E-state index contributed by atoms with van der Waals surface area (Å²) in [5.41, 5.74) is 4.74. The van der Waals surface area contributed by atoms with E-state index < -0.39 is 16.7 Å². The van der Waals surface area contributed by atoms with Crippen LogP contribution in [0.25, 0.3) is 0 Å². The quantitative estimate of drug-likeness (QED) is 0.460. The Kier molecular flexibility index (Phi) is 5.04. The molecule has 0 unspecified atom stereocenters. The summed E-state index contributed by atoms with van der Waals surface area (Å²) in [4.78, 5) is 33.8. The normalized spacial score (nSPS) is 9.86. The number of non-ortho nitro benzene ring substituents is 1. The molecule has 0 bridgehead atoms. The van der Waals surface area contributed by atoms with Crippen LogP contribution in [0.1, 0.15) is 20.7 Å². The Bertz CT molecular complexity index is 731. The molecule has 0 saturated carbocycles. The fraction of sp³-hybridized carbons (Fsp3) is 0. The third kappa shape index (κ3) is 4.01.